The molecule has 0 aliphatic carbocycles. The number of morpholine rings is 1. The number of alkyl halides is 2. The Labute approximate surface area is 75.9 Å². The van der Waals surface area contributed by atoms with Gasteiger partial charge in [-0.3, -0.25) is 4.90 Å². The van der Waals surface area contributed by atoms with Gasteiger partial charge in [0, 0.05) is 13.1 Å². The van der Waals surface area contributed by atoms with E-state index in [9.17, 15) is 8.78 Å². The molecule has 0 N–H and O–H groups in total. The summed E-state index contributed by atoms with van der Waals surface area (Å²) < 4.78 is 29.3. The summed E-state index contributed by atoms with van der Waals surface area (Å²) in [5.74, 6) is 0. The topological polar surface area (TPSA) is 36.3 Å². The van der Waals surface area contributed by atoms with Crippen LogP contribution in [0.2, 0.25) is 0 Å². The fourth-order valence-corrected chi connectivity index (χ4v) is 1.28. The standard InChI is InChI=1S/C8H12F2N2O/c1-6(4-11)12-2-3-13-7(5-12)8(9)10/h6-8H,2-3,5H2,1H3. The summed E-state index contributed by atoms with van der Waals surface area (Å²) in [6.45, 7) is 2.68. The maximum atomic E-state index is 12.2. The Morgan fingerprint density at radius 2 is 2.31 bits per heavy atom. The second kappa shape index (κ2) is 4.49. The highest BCUT2D eigenvalue weighted by molar-refractivity contribution is 4.90. The van der Waals surface area contributed by atoms with E-state index < -0.39 is 12.5 Å². The molecule has 3 nitrogen and oxygen atoms in total. The number of hydrogen-bond donors (Lipinski definition) is 0. The van der Waals surface area contributed by atoms with Gasteiger partial charge in [-0.15, -0.1) is 0 Å². The average Bonchev–Trinajstić information content (AvgIpc) is 2.17. The highest BCUT2D eigenvalue weighted by atomic mass is 19.3. The molecule has 0 radical (unpaired) electrons. The maximum absolute atomic E-state index is 12.2. The molecule has 1 saturated heterocycles. The van der Waals surface area contributed by atoms with Crippen molar-refractivity contribution in [3.05, 3.63) is 0 Å². The Morgan fingerprint density at radius 3 is 2.85 bits per heavy atom. The number of ether oxygens (including phenoxy) is 1. The molecule has 0 spiro atoms. The van der Waals surface area contributed by atoms with Crippen LogP contribution in [-0.2, 0) is 4.74 Å². The third kappa shape index (κ3) is 2.61. The van der Waals surface area contributed by atoms with Crippen LogP contribution in [0.3, 0.4) is 0 Å². The van der Waals surface area contributed by atoms with E-state index in [-0.39, 0.29) is 19.2 Å². The first kappa shape index (κ1) is 10.4. The lowest BCUT2D eigenvalue weighted by molar-refractivity contribution is -0.105. The Balaban J connectivity index is 2.47. The first-order valence-electron chi connectivity index (χ1n) is 4.18. The van der Waals surface area contributed by atoms with E-state index in [4.69, 9.17) is 10.00 Å². The molecule has 1 rings (SSSR count). The van der Waals surface area contributed by atoms with Crippen LogP contribution >= 0.6 is 0 Å². The number of hydrogen-bond acceptors (Lipinski definition) is 3. The summed E-state index contributed by atoms with van der Waals surface area (Å²) in [5.41, 5.74) is 0. The molecule has 0 aromatic carbocycles. The van der Waals surface area contributed by atoms with Gasteiger partial charge < -0.3 is 4.74 Å². The molecule has 74 valence electrons. The lowest BCUT2D eigenvalue weighted by Gasteiger charge is -2.33. The molecular formula is C8H12F2N2O. The zero-order valence-electron chi connectivity index (χ0n) is 7.41. The van der Waals surface area contributed by atoms with Crippen LogP contribution in [0.4, 0.5) is 8.78 Å². The zero-order valence-corrected chi connectivity index (χ0v) is 7.41. The van der Waals surface area contributed by atoms with E-state index in [1.807, 2.05) is 6.07 Å². The normalized spacial score (nSPS) is 27.2. The van der Waals surface area contributed by atoms with Gasteiger partial charge in [-0.05, 0) is 6.92 Å². The molecule has 13 heavy (non-hydrogen) atoms. The first-order valence-corrected chi connectivity index (χ1v) is 4.18. The summed E-state index contributed by atoms with van der Waals surface area (Å²) in [7, 11) is 0. The van der Waals surface area contributed by atoms with Crippen LogP contribution in [0.1, 0.15) is 6.92 Å². The van der Waals surface area contributed by atoms with E-state index in [2.05, 4.69) is 0 Å². The Hall–Kier alpha value is -0.730. The Kier molecular flexibility index (Phi) is 3.58. The van der Waals surface area contributed by atoms with Crippen molar-refractivity contribution in [1.29, 1.82) is 5.26 Å². The van der Waals surface area contributed by atoms with Crippen molar-refractivity contribution >= 4 is 0 Å². The van der Waals surface area contributed by atoms with Crippen molar-refractivity contribution in [1.82, 2.24) is 4.90 Å². The summed E-state index contributed by atoms with van der Waals surface area (Å²) in [6, 6.07) is 1.70. The molecule has 0 bridgehead atoms. The quantitative estimate of drug-likeness (QED) is 0.648. The molecule has 0 amide bonds. The van der Waals surface area contributed by atoms with Crippen molar-refractivity contribution < 1.29 is 13.5 Å². The van der Waals surface area contributed by atoms with Crippen molar-refractivity contribution in [2.75, 3.05) is 19.7 Å². The molecular weight excluding hydrogens is 178 g/mol. The van der Waals surface area contributed by atoms with E-state index in [0.717, 1.165) is 0 Å². The van der Waals surface area contributed by atoms with Crippen LogP contribution in [0.25, 0.3) is 0 Å². The van der Waals surface area contributed by atoms with E-state index in [1.165, 1.54) is 0 Å². The predicted molar refractivity (Wildman–Crippen MR) is 42.4 cm³/mol. The number of rotatable bonds is 2. The lowest BCUT2D eigenvalue weighted by Crippen LogP contribution is -2.48. The van der Waals surface area contributed by atoms with Crippen molar-refractivity contribution in [3.8, 4) is 6.07 Å². The second-order valence-electron chi connectivity index (χ2n) is 3.04. The van der Waals surface area contributed by atoms with E-state index >= 15 is 0 Å². The van der Waals surface area contributed by atoms with Gasteiger partial charge in [0.15, 0.2) is 0 Å². The minimum Gasteiger partial charge on any atom is -0.370 e. The van der Waals surface area contributed by atoms with Gasteiger partial charge in [0.25, 0.3) is 6.43 Å². The van der Waals surface area contributed by atoms with Gasteiger partial charge in [0.1, 0.15) is 6.10 Å². The van der Waals surface area contributed by atoms with Crippen LogP contribution in [0.5, 0.6) is 0 Å². The number of nitriles is 1. The fraction of sp³-hybridized carbons (Fsp3) is 0.875. The Bertz CT molecular complexity index is 205. The molecule has 1 aliphatic heterocycles. The molecule has 5 heteroatoms. The zero-order chi connectivity index (χ0) is 9.84. The molecule has 1 aliphatic rings. The summed E-state index contributed by atoms with van der Waals surface area (Å²) in [6.07, 6.45) is -3.50. The highest BCUT2D eigenvalue weighted by Crippen LogP contribution is 2.14. The van der Waals surface area contributed by atoms with Crippen LogP contribution in [0, 0.1) is 11.3 Å². The van der Waals surface area contributed by atoms with Crippen LogP contribution < -0.4 is 0 Å². The third-order valence-electron chi connectivity index (χ3n) is 2.14. The van der Waals surface area contributed by atoms with Crippen molar-refractivity contribution in [2.24, 2.45) is 0 Å². The second-order valence-corrected chi connectivity index (χ2v) is 3.04. The summed E-state index contributed by atoms with van der Waals surface area (Å²) in [4.78, 5) is 1.71. The first-order chi connectivity index (χ1) is 6.15. The van der Waals surface area contributed by atoms with Crippen LogP contribution in [-0.4, -0.2) is 43.2 Å². The van der Waals surface area contributed by atoms with Gasteiger partial charge in [0.2, 0.25) is 0 Å². The van der Waals surface area contributed by atoms with Gasteiger partial charge >= 0.3 is 0 Å². The summed E-state index contributed by atoms with van der Waals surface area (Å²) >= 11 is 0. The van der Waals surface area contributed by atoms with E-state index in [1.54, 1.807) is 11.8 Å². The van der Waals surface area contributed by atoms with Gasteiger partial charge in [-0.25, -0.2) is 8.78 Å². The largest absolute Gasteiger partial charge is 0.370 e. The SMILES string of the molecule is CC(C#N)N1CCOC(C(F)F)C1. The molecule has 1 heterocycles. The Morgan fingerprint density at radius 1 is 1.62 bits per heavy atom. The van der Waals surface area contributed by atoms with E-state index in [0.29, 0.717) is 6.54 Å². The molecule has 2 unspecified atom stereocenters. The minimum absolute atomic E-state index is 0.145. The molecule has 0 aromatic rings. The number of halogens is 2. The monoisotopic (exact) mass is 190 g/mol. The maximum Gasteiger partial charge on any atom is 0.265 e. The molecule has 0 aromatic heterocycles. The average molecular weight is 190 g/mol. The smallest absolute Gasteiger partial charge is 0.265 e. The molecule has 2 atom stereocenters. The lowest BCUT2D eigenvalue weighted by atomic mass is 10.2. The third-order valence-corrected chi connectivity index (χ3v) is 2.14. The van der Waals surface area contributed by atoms with Crippen molar-refractivity contribution in [3.63, 3.8) is 0 Å². The van der Waals surface area contributed by atoms with Gasteiger partial charge in [0.05, 0.1) is 18.7 Å². The molecule has 0 saturated carbocycles. The number of nitrogens with zero attached hydrogens (tertiary/aromatic N) is 2. The highest BCUT2D eigenvalue weighted by Gasteiger charge is 2.29. The van der Waals surface area contributed by atoms with Gasteiger partial charge in [-0.1, -0.05) is 0 Å². The predicted octanol–water partition coefficient (Wildman–Crippen LogP) is 0.864. The minimum atomic E-state index is -2.46. The van der Waals surface area contributed by atoms with Gasteiger partial charge in [-0.2, -0.15) is 5.26 Å². The summed E-state index contributed by atoms with van der Waals surface area (Å²) in [5, 5.41) is 8.59. The van der Waals surface area contributed by atoms with Crippen molar-refractivity contribution in [2.45, 2.75) is 25.5 Å². The van der Waals surface area contributed by atoms with Crippen LogP contribution in [0.15, 0.2) is 0 Å². The fourth-order valence-electron chi connectivity index (χ4n) is 1.28. The molecule has 1 fully saturated rings.